The number of amides is 4. The quantitative estimate of drug-likeness (QED) is 0.751. The predicted octanol–water partition coefficient (Wildman–Crippen LogP) is 2.38. The lowest BCUT2D eigenvalue weighted by molar-refractivity contribution is -0.135. The first-order valence-corrected chi connectivity index (χ1v) is 8.64. The first kappa shape index (κ1) is 18.4. The third kappa shape index (κ3) is 3.61. The molecule has 1 aliphatic rings. The highest BCUT2D eigenvalue weighted by Gasteiger charge is 2.49. The van der Waals surface area contributed by atoms with E-state index in [1.807, 2.05) is 26.8 Å². The fourth-order valence-corrected chi connectivity index (χ4v) is 2.84. The van der Waals surface area contributed by atoms with E-state index in [0.717, 1.165) is 9.37 Å². The molecule has 0 saturated carbocycles. The predicted molar refractivity (Wildman–Crippen MR) is 94.2 cm³/mol. The molecule has 0 radical (unpaired) electrons. The van der Waals surface area contributed by atoms with Gasteiger partial charge in [-0.2, -0.15) is 0 Å². The van der Waals surface area contributed by atoms with Crippen LogP contribution in [0.15, 0.2) is 28.7 Å². The number of nitrogens with zero attached hydrogens (tertiary/aromatic N) is 1. The summed E-state index contributed by atoms with van der Waals surface area (Å²) < 4.78 is 0.810. The Hall–Kier alpha value is -1.89. The number of carbonyl (C=O) groups is 3. The van der Waals surface area contributed by atoms with Gasteiger partial charge in [-0.3, -0.25) is 14.5 Å². The van der Waals surface area contributed by atoms with Crippen LogP contribution in [-0.2, 0) is 15.1 Å². The maximum absolute atomic E-state index is 12.8. The third-order valence-electron chi connectivity index (χ3n) is 4.37. The smallest absolute Gasteiger partial charge is 0.325 e. The summed E-state index contributed by atoms with van der Waals surface area (Å²) in [7, 11) is 0. The topological polar surface area (TPSA) is 78.5 Å². The van der Waals surface area contributed by atoms with Gasteiger partial charge in [0.15, 0.2) is 0 Å². The highest BCUT2D eigenvalue weighted by Crippen LogP contribution is 2.30. The minimum absolute atomic E-state index is 0.0327. The van der Waals surface area contributed by atoms with Crippen LogP contribution in [0.25, 0.3) is 0 Å². The third-order valence-corrected chi connectivity index (χ3v) is 4.86. The van der Waals surface area contributed by atoms with Crippen LogP contribution in [0, 0.1) is 5.92 Å². The summed E-state index contributed by atoms with van der Waals surface area (Å²) >= 11 is 3.36. The van der Waals surface area contributed by atoms with Crippen LogP contribution < -0.4 is 10.6 Å². The Morgan fingerprint density at radius 3 is 2.58 bits per heavy atom. The Balaban J connectivity index is 2.15. The highest BCUT2D eigenvalue weighted by molar-refractivity contribution is 9.10. The first-order valence-electron chi connectivity index (χ1n) is 7.84. The van der Waals surface area contributed by atoms with Crippen molar-refractivity contribution in [2.75, 3.05) is 6.54 Å². The summed E-state index contributed by atoms with van der Waals surface area (Å²) in [5, 5.41) is 5.49. The van der Waals surface area contributed by atoms with E-state index in [-0.39, 0.29) is 24.4 Å². The molecule has 24 heavy (non-hydrogen) atoms. The number of rotatable bonds is 5. The van der Waals surface area contributed by atoms with Gasteiger partial charge in [-0.1, -0.05) is 41.9 Å². The van der Waals surface area contributed by atoms with E-state index in [9.17, 15) is 14.4 Å². The molecule has 1 fully saturated rings. The number of urea groups is 1. The van der Waals surface area contributed by atoms with E-state index in [1.54, 1.807) is 25.1 Å². The van der Waals surface area contributed by atoms with Crippen molar-refractivity contribution in [1.29, 1.82) is 0 Å². The van der Waals surface area contributed by atoms with Crippen molar-refractivity contribution in [3.63, 3.8) is 0 Å². The molecule has 2 unspecified atom stereocenters. The fraction of sp³-hybridized carbons (Fsp3) is 0.471. The van der Waals surface area contributed by atoms with Crippen molar-refractivity contribution in [3.05, 3.63) is 34.3 Å². The standard InChI is InChI=1S/C17H22BrN3O3/c1-10(2)11(3)19-14(22)9-21-15(23)17(4,20-16(21)24)12-6-5-7-13(18)8-12/h5-8,10-11H,9H2,1-4H3,(H,19,22)(H,20,24). The number of nitrogens with one attached hydrogen (secondary N) is 2. The SMILES string of the molecule is CC(C)C(C)NC(=O)CN1C(=O)NC(C)(c2cccc(Br)c2)C1=O. The lowest BCUT2D eigenvalue weighted by Crippen LogP contribution is -2.46. The molecule has 1 heterocycles. The summed E-state index contributed by atoms with van der Waals surface area (Å²) in [5.41, 5.74) is -0.515. The van der Waals surface area contributed by atoms with Crippen molar-refractivity contribution >= 4 is 33.8 Å². The highest BCUT2D eigenvalue weighted by atomic mass is 79.9. The van der Waals surface area contributed by atoms with Crippen LogP contribution in [-0.4, -0.2) is 35.3 Å². The van der Waals surface area contributed by atoms with Crippen LogP contribution in [0.2, 0.25) is 0 Å². The second-order valence-electron chi connectivity index (χ2n) is 6.56. The molecule has 1 aromatic rings. The lowest BCUT2D eigenvalue weighted by atomic mass is 9.92. The Morgan fingerprint density at radius 1 is 1.33 bits per heavy atom. The van der Waals surface area contributed by atoms with E-state index in [2.05, 4.69) is 26.6 Å². The van der Waals surface area contributed by atoms with E-state index in [0.29, 0.717) is 5.56 Å². The number of hydrogen-bond donors (Lipinski definition) is 2. The Kier molecular flexibility index (Phi) is 5.32. The van der Waals surface area contributed by atoms with Crippen molar-refractivity contribution in [2.45, 2.75) is 39.3 Å². The maximum Gasteiger partial charge on any atom is 0.325 e. The number of carbonyl (C=O) groups excluding carboxylic acids is 3. The van der Waals surface area contributed by atoms with E-state index in [4.69, 9.17) is 0 Å². The molecular weight excluding hydrogens is 374 g/mol. The lowest BCUT2D eigenvalue weighted by Gasteiger charge is -2.23. The molecule has 2 N–H and O–H groups in total. The summed E-state index contributed by atoms with van der Waals surface area (Å²) in [6.45, 7) is 7.22. The largest absolute Gasteiger partial charge is 0.352 e. The van der Waals surface area contributed by atoms with Crippen LogP contribution in [0.1, 0.15) is 33.3 Å². The average molecular weight is 396 g/mol. The molecule has 0 spiro atoms. The van der Waals surface area contributed by atoms with Gasteiger partial charge >= 0.3 is 6.03 Å². The van der Waals surface area contributed by atoms with Gasteiger partial charge in [-0.25, -0.2) is 4.79 Å². The summed E-state index contributed by atoms with van der Waals surface area (Å²) in [5.74, 6) is -0.514. The average Bonchev–Trinajstić information content (AvgIpc) is 2.71. The molecule has 1 saturated heterocycles. The second kappa shape index (κ2) is 6.93. The number of hydrogen-bond acceptors (Lipinski definition) is 3. The van der Waals surface area contributed by atoms with Gasteiger partial charge in [0.2, 0.25) is 5.91 Å². The van der Waals surface area contributed by atoms with Gasteiger partial charge in [0, 0.05) is 10.5 Å². The van der Waals surface area contributed by atoms with Crippen molar-refractivity contribution in [1.82, 2.24) is 15.5 Å². The summed E-state index contributed by atoms with van der Waals surface area (Å²) in [6, 6.07) is 6.59. The van der Waals surface area contributed by atoms with Gasteiger partial charge in [0.05, 0.1) is 0 Å². The molecule has 130 valence electrons. The van der Waals surface area contributed by atoms with Crippen LogP contribution in [0.5, 0.6) is 0 Å². The fourth-order valence-electron chi connectivity index (χ4n) is 2.45. The molecule has 2 rings (SSSR count). The van der Waals surface area contributed by atoms with E-state index in [1.165, 1.54) is 0 Å². The van der Waals surface area contributed by atoms with E-state index >= 15 is 0 Å². The monoisotopic (exact) mass is 395 g/mol. The number of imide groups is 1. The minimum Gasteiger partial charge on any atom is -0.352 e. The normalized spacial score (nSPS) is 21.8. The molecule has 1 aliphatic heterocycles. The van der Waals surface area contributed by atoms with Gasteiger partial charge in [0.1, 0.15) is 12.1 Å². The van der Waals surface area contributed by atoms with Crippen molar-refractivity contribution in [2.24, 2.45) is 5.92 Å². The second-order valence-corrected chi connectivity index (χ2v) is 7.47. The first-order chi connectivity index (χ1) is 11.1. The maximum atomic E-state index is 12.8. The van der Waals surface area contributed by atoms with Gasteiger partial charge < -0.3 is 10.6 Å². The van der Waals surface area contributed by atoms with Gasteiger partial charge in [-0.05, 0) is 37.5 Å². The number of benzene rings is 1. The molecule has 1 aromatic carbocycles. The van der Waals surface area contributed by atoms with Gasteiger partial charge in [-0.15, -0.1) is 0 Å². The Labute approximate surface area is 150 Å². The molecular formula is C17H22BrN3O3. The summed E-state index contributed by atoms with van der Waals surface area (Å²) in [6.07, 6.45) is 0. The molecule has 6 nitrogen and oxygen atoms in total. The van der Waals surface area contributed by atoms with Gasteiger partial charge in [0.25, 0.3) is 5.91 Å². The molecule has 7 heteroatoms. The van der Waals surface area contributed by atoms with Crippen molar-refractivity contribution < 1.29 is 14.4 Å². The Bertz CT molecular complexity index is 677. The van der Waals surface area contributed by atoms with Crippen molar-refractivity contribution in [3.8, 4) is 0 Å². The van der Waals surface area contributed by atoms with Crippen LogP contribution >= 0.6 is 15.9 Å². The zero-order chi connectivity index (χ0) is 18.1. The van der Waals surface area contributed by atoms with Crippen LogP contribution in [0.4, 0.5) is 4.79 Å². The molecule has 0 aromatic heterocycles. The van der Waals surface area contributed by atoms with E-state index < -0.39 is 17.5 Å². The minimum atomic E-state index is -1.18. The molecule has 0 aliphatic carbocycles. The zero-order valence-corrected chi connectivity index (χ0v) is 15.8. The molecule has 0 bridgehead atoms. The molecule has 4 amide bonds. The summed E-state index contributed by atoms with van der Waals surface area (Å²) in [4.78, 5) is 38.0. The Morgan fingerprint density at radius 2 is 2.00 bits per heavy atom. The number of halogens is 1. The molecule has 2 atom stereocenters. The van der Waals surface area contributed by atoms with Crippen LogP contribution in [0.3, 0.4) is 0 Å². The zero-order valence-electron chi connectivity index (χ0n) is 14.2.